The van der Waals surface area contributed by atoms with Crippen molar-refractivity contribution in [1.29, 1.82) is 0 Å². The molecule has 0 unspecified atom stereocenters. The molecule has 4 heteroatoms. The highest BCUT2D eigenvalue weighted by Gasteiger charge is 2.24. The maximum atomic E-state index is 12.8. The Morgan fingerprint density at radius 3 is 2.44 bits per heavy atom. The smallest absolute Gasteiger partial charge is 0.279 e. The van der Waals surface area contributed by atoms with Gasteiger partial charge in [-0.05, 0) is 61.9 Å². The number of carbonyl (C=O) groups is 1. The molecule has 2 N–H and O–H groups in total. The lowest BCUT2D eigenvalue weighted by molar-refractivity contribution is -0.898. The molecule has 1 amide bonds. The second-order valence-corrected chi connectivity index (χ2v) is 9.10. The van der Waals surface area contributed by atoms with Crippen molar-refractivity contribution in [1.82, 2.24) is 4.57 Å². The lowest BCUT2D eigenvalue weighted by Gasteiger charge is -2.29. The number of piperidine rings is 1. The summed E-state index contributed by atoms with van der Waals surface area (Å²) >= 11 is 0. The van der Waals surface area contributed by atoms with Gasteiger partial charge in [-0.1, -0.05) is 48.5 Å². The van der Waals surface area contributed by atoms with Crippen LogP contribution in [0.3, 0.4) is 0 Å². The summed E-state index contributed by atoms with van der Waals surface area (Å²) in [4.78, 5) is 14.2. The van der Waals surface area contributed by atoms with Crippen molar-refractivity contribution in [2.24, 2.45) is 5.92 Å². The summed E-state index contributed by atoms with van der Waals surface area (Å²) in [6.45, 7) is 5.81. The lowest BCUT2D eigenvalue weighted by atomic mass is 9.90. The predicted molar refractivity (Wildman–Crippen MR) is 132 cm³/mol. The Bertz CT molecular complexity index is 1220. The van der Waals surface area contributed by atoms with Gasteiger partial charge in [0.1, 0.15) is 0 Å². The first kappa shape index (κ1) is 20.8. The standard InChI is InChI=1S/C28H31N3O/c1-2-31-26-11-7-6-10-24(26)25-19-23(12-13-27(25)31)29-28(32)20-30-16-14-22(15-17-30)18-21-8-4-3-5-9-21/h3-13,19,22H,2,14-18,20H2,1H3,(H,29,32)/p+1. The molecule has 0 bridgehead atoms. The number of benzene rings is 3. The predicted octanol–water partition coefficient (Wildman–Crippen LogP) is 4.29. The molecule has 0 atom stereocenters. The van der Waals surface area contributed by atoms with Gasteiger partial charge in [-0.3, -0.25) is 4.79 Å². The molecular weight excluding hydrogens is 394 g/mol. The van der Waals surface area contributed by atoms with Gasteiger partial charge in [0.05, 0.1) is 13.1 Å². The number of carbonyl (C=O) groups excluding carboxylic acids is 1. The van der Waals surface area contributed by atoms with Crippen LogP contribution in [0.15, 0.2) is 72.8 Å². The third kappa shape index (κ3) is 4.28. The number of hydrogen-bond donors (Lipinski definition) is 2. The SMILES string of the molecule is CCn1c2ccccc2c2cc(NC(=O)C[NH+]3CCC(Cc4ccccc4)CC3)ccc21. The van der Waals surface area contributed by atoms with Crippen molar-refractivity contribution in [3.8, 4) is 0 Å². The third-order valence-corrected chi connectivity index (χ3v) is 6.96. The number of amides is 1. The van der Waals surface area contributed by atoms with Gasteiger partial charge in [0.15, 0.2) is 6.54 Å². The number of para-hydroxylation sites is 1. The largest absolute Gasteiger partial charge is 0.341 e. The Kier molecular flexibility index (Phi) is 5.95. The van der Waals surface area contributed by atoms with Gasteiger partial charge in [-0.2, -0.15) is 0 Å². The maximum Gasteiger partial charge on any atom is 0.279 e. The Balaban J connectivity index is 1.21. The van der Waals surface area contributed by atoms with E-state index < -0.39 is 0 Å². The number of nitrogens with one attached hydrogen (secondary N) is 2. The fraction of sp³-hybridized carbons (Fsp3) is 0.321. The Morgan fingerprint density at radius 2 is 1.66 bits per heavy atom. The molecule has 2 heterocycles. The van der Waals surface area contributed by atoms with E-state index in [1.54, 1.807) is 0 Å². The van der Waals surface area contributed by atoms with Gasteiger partial charge < -0.3 is 14.8 Å². The first-order valence-corrected chi connectivity index (χ1v) is 11.9. The quantitative estimate of drug-likeness (QED) is 0.474. The molecule has 1 aliphatic rings. The highest BCUT2D eigenvalue weighted by molar-refractivity contribution is 6.09. The van der Waals surface area contributed by atoms with Crippen molar-refractivity contribution >= 4 is 33.4 Å². The Labute approximate surface area is 189 Å². The van der Waals surface area contributed by atoms with Crippen LogP contribution in [-0.4, -0.2) is 30.1 Å². The minimum Gasteiger partial charge on any atom is -0.341 e. The number of fused-ring (bicyclic) bond motifs is 3. The first-order valence-electron chi connectivity index (χ1n) is 11.9. The molecule has 1 saturated heterocycles. The van der Waals surface area contributed by atoms with Gasteiger partial charge in [-0.25, -0.2) is 0 Å². The van der Waals surface area contributed by atoms with Crippen LogP contribution in [-0.2, 0) is 17.8 Å². The second kappa shape index (κ2) is 9.17. The number of anilines is 1. The topological polar surface area (TPSA) is 38.5 Å². The number of aryl methyl sites for hydroxylation is 1. The lowest BCUT2D eigenvalue weighted by Crippen LogP contribution is -3.14. The fourth-order valence-corrected chi connectivity index (χ4v) is 5.32. The van der Waals surface area contributed by atoms with Crippen molar-refractivity contribution in [3.05, 3.63) is 78.4 Å². The van der Waals surface area contributed by atoms with Crippen LogP contribution < -0.4 is 10.2 Å². The second-order valence-electron chi connectivity index (χ2n) is 9.10. The minimum absolute atomic E-state index is 0.111. The van der Waals surface area contributed by atoms with Gasteiger partial charge in [0.25, 0.3) is 5.91 Å². The summed E-state index contributed by atoms with van der Waals surface area (Å²) in [6.07, 6.45) is 3.55. The molecule has 1 fully saturated rings. The van der Waals surface area contributed by atoms with Crippen LogP contribution in [0.1, 0.15) is 25.3 Å². The van der Waals surface area contributed by atoms with Crippen LogP contribution in [0.25, 0.3) is 21.8 Å². The molecule has 1 aromatic heterocycles. The number of likely N-dealkylation sites (tertiary alicyclic amines) is 1. The average Bonchev–Trinajstić information content (AvgIpc) is 3.14. The van der Waals surface area contributed by atoms with Crippen LogP contribution in [0.2, 0.25) is 0 Å². The number of aromatic nitrogens is 1. The highest BCUT2D eigenvalue weighted by atomic mass is 16.2. The van der Waals surface area contributed by atoms with E-state index in [2.05, 4.69) is 83.5 Å². The van der Waals surface area contributed by atoms with Gasteiger partial charge >= 0.3 is 0 Å². The number of nitrogens with zero attached hydrogens (tertiary/aromatic N) is 1. The number of hydrogen-bond acceptors (Lipinski definition) is 1. The normalized spacial score (nSPS) is 18.8. The van der Waals surface area contributed by atoms with E-state index in [1.807, 2.05) is 6.07 Å². The molecule has 0 saturated carbocycles. The van der Waals surface area contributed by atoms with Crippen LogP contribution in [0, 0.1) is 5.92 Å². The van der Waals surface area contributed by atoms with Crippen molar-refractivity contribution in [2.45, 2.75) is 32.7 Å². The van der Waals surface area contributed by atoms with Crippen LogP contribution in [0.5, 0.6) is 0 Å². The zero-order chi connectivity index (χ0) is 21.9. The molecule has 0 spiro atoms. The summed E-state index contributed by atoms with van der Waals surface area (Å²) < 4.78 is 2.33. The van der Waals surface area contributed by atoms with E-state index in [1.165, 1.54) is 45.1 Å². The summed E-state index contributed by atoms with van der Waals surface area (Å²) in [5.41, 5.74) is 4.78. The Hall–Kier alpha value is -3.11. The van der Waals surface area contributed by atoms with Gasteiger partial charge in [0.2, 0.25) is 0 Å². The summed E-state index contributed by atoms with van der Waals surface area (Å²) in [5, 5.41) is 5.60. The van der Waals surface area contributed by atoms with E-state index in [0.29, 0.717) is 6.54 Å². The molecule has 32 heavy (non-hydrogen) atoms. The Morgan fingerprint density at radius 1 is 0.938 bits per heavy atom. The molecule has 5 rings (SSSR count). The first-order chi connectivity index (χ1) is 15.7. The molecule has 0 radical (unpaired) electrons. The number of quaternary nitrogens is 1. The van der Waals surface area contributed by atoms with E-state index in [0.717, 1.165) is 37.7 Å². The summed E-state index contributed by atoms with van der Waals surface area (Å²) in [7, 11) is 0. The van der Waals surface area contributed by atoms with E-state index >= 15 is 0 Å². The van der Waals surface area contributed by atoms with Crippen LogP contribution >= 0.6 is 0 Å². The van der Waals surface area contributed by atoms with E-state index in [-0.39, 0.29) is 5.91 Å². The van der Waals surface area contributed by atoms with Gasteiger partial charge in [0, 0.05) is 34.0 Å². The molecule has 164 valence electrons. The molecular formula is C28H32N3O+. The van der Waals surface area contributed by atoms with Gasteiger partial charge in [-0.15, -0.1) is 0 Å². The van der Waals surface area contributed by atoms with Crippen molar-refractivity contribution in [3.63, 3.8) is 0 Å². The van der Waals surface area contributed by atoms with Crippen molar-refractivity contribution < 1.29 is 9.69 Å². The maximum absolute atomic E-state index is 12.8. The van der Waals surface area contributed by atoms with Crippen LogP contribution in [0.4, 0.5) is 5.69 Å². The zero-order valence-electron chi connectivity index (χ0n) is 18.8. The summed E-state index contributed by atoms with van der Waals surface area (Å²) in [5.74, 6) is 0.850. The number of rotatable bonds is 6. The van der Waals surface area contributed by atoms with E-state index in [9.17, 15) is 4.79 Å². The third-order valence-electron chi connectivity index (χ3n) is 6.96. The minimum atomic E-state index is 0.111. The van der Waals surface area contributed by atoms with E-state index in [4.69, 9.17) is 0 Å². The average molecular weight is 427 g/mol. The van der Waals surface area contributed by atoms with Crippen molar-refractivity contribution in [2.75, 3.05) is 25.0 Å². The fourth-order valence-electron chi connectivity index (χ4n) is 5.32. The highest BCUT2D eigenvalue weighted by Crippen LogP contribution is 2.30. The zero-order valence-corrected chi connectivity index (χ0v) is 18.8. The molecule has 3 aromatic carbocycles. The molecule has 1 aliphatic heterocycles. The summed E-state index contributed by atoms with van der Waals surface area (Å²) in [6, 6.07) is 25.6. The monoisotopic (exact) mass is 426 g/mol. The molecule has 4 nitrogen and oxygen atoms in total. The molecule has 4 aromatic rings. The molecule has 0 aliphatic carbocycles.